The number of rotatable bonds is 3. The molecule has 0 spiro atoms. The van der Waals surface area contributed by atoms with Crippen molar-refractivity contribution in [2.45, 2.75) is 12.8 Å². The van der Waals surface area contributed by atoms with Crippen LogP contribution in [0, 0.1) is 11.8 Å². The fourth-order valence-electron chi connectivity index (χ4n) is 2.17. The molecule has 0 saturated carbocycles. The Bertz CT molecular complexity index is 556. The second-order valence-corrected chi connectivity index (χ2v) is 6.04. The number of benzene rings is 1. The monoisotopic (exact) mass is 357 g/mol. The highest BCUT2D eigenvalue weighted by atomic mass is 79.9. The molecule has 2 rings (SSSR count). The van der Waals surface area contributed by atoms with Gasteiger partial charge in [-0.25, -0.2) is 0 Å². The number of carbonyl (C=O) groups excluding carboxylic acids is 1. The van der Waals surface area contributed by atoms with Crippen molar-refractivity contribution in [3.8, 4) is 0 Å². The van der Waals surface area contributed by atoms with E-state index in [0.717, 1.165) is 4.47 Å². The van der Waals surface area contributed by atoms with Gasteiger partial charge in [0, 0.05) is 15.2 Å². The molecule has 1 amide bonds. The van der Waals surface area contributed by atoms with E-state index in [1.165, 1.54) is 0 Å². The van der Waals surface area contributed by atoms with Crippen LogP contribution in [0.2, 0.25) is 0 Å². The smallest absolute Gasteiger partial charge is 0.307 e. The highest BCUT2D eigenvalue weighted by molar-refractivity contribution is 9.10. The zero-order valence-electron chi connectivity index (χ0n) is 10.5. The minimum absolute atomic E-state index is 0.265. The second-order valence-electron chi connectivity index (χ2n) is 4.64. The van der Waals surface area contributed by atoms with Crippen LogP contribution >= 0.6 is 27.5 Å². The Morgan fingerprint density at radius 2 is 1.90 bits per heavy atom. The van der Waals surface area contributed by atoms with Crippen molar-refractivity contribution in [1.82, 2.24) is 0 Å². The van der Waals surface area contributed by atoms with Crippen LogP contribution in [0.3, 0.4) is 0 Å². The zero-order chi connectivity index (χ0) is 14.7. The first-order valence-electron chi connectivity index (χ1n) is 6.11. The van der Waals surface area contributed by atoms with Gasteiger partial charge in [-0.05, 0) is 37.1 Å². The van der Waals surface area contributed by atoms with E-state index >= 15 is 0 Å². The lowest BCUT2D eigenvalue weighted by molar-refractivity contribution is -0.146. The number of allylic oxidation sites excluding steroid dienone is 2. The maximum atomic E-state index is 12.2. The molecule has 0 radical (unpaired) electrons. The number of nitrogens with one attached hydrogen (secondary N) is 1. The molecule has 20 heavy (non-hydrogen) atoms. The molecular formula is C14H13BrClNO3. The number of halogens is 2. The van der Waals surface area contributed by atoms with E-state index in [1.54, 1.807) is 30.3 Å². The van der Waals surface area contributed by atoms with Crippen LogP contribution in [0.15, 0.2) is 39.8 Å². The van der Waals surface area contributed by atoms with Gasteiger partial charge in [0.1, 0.15) is 0 Å². The molecule has 4 nitrogen and oxygen atoms in total. The Labute approximate surface area is 129 Å². The molecule has 6 heteroatoms. The van der Waals surface area contributed by atoms with Gasteiger partial charge in [0.15, 0.2) is 0 Å². The minimum Gasteiger partial charge on any atom is -0.481 e. The number of amides is 1. The Kier molecular flexibility index (Phi) is 4.83. The third-order valence-electron chi connectivity index (χ3n) is 3.26. The van der Waals surface area contributed by atoms with Crippen LogP contribution in [0.25, 0.3) is 0 Å². The Morgan fingerprint density at radius 3 is 2.50 bits per heavy atom. The van der Waals surface area contributed by atoms with Crippen LogP contribution in [0.5, 0.6) is 0 Å². The first kappa shape index (κ1) is 15.1. The lowest BCUT2D eigenvalue weighted by Gasteiger charge is -2.25. The number of aliphatic carboxylic acids is 1. The van der Waals surface area contributed by atoms with Crippen molar-refractivity contribution in [3.63, 3.8) is 0 Å². The lowest BCUT2D eigenvalue weighted by atomic mass is 9.82. The average molecular weight is 359 g/mol. The molecule has 1 aromatic carbocycles. The van der Waals surface area contributed by atoms with Gasteiger partial charge in [-0.3, -0.25) is 9.59 Å². The number of hydrogen-bond donors (Lipinski definition) is 2. The number of carbonyl (C=O) groups is 2. The standard InChI is InChI=1S/C14H13BrClNO3/c15-8-1-4-10(5-2-8)17-13(18)12-7-9(16)3-6-11(12)14(19)20/h1-5,11-12H,6-7H2,(H,17,18)(H,19,20). The molecule has 106 valence electrons. The Hall–Kier alpha value is -1.33. The number of carboxylic acid groups (broad SMARTS) is 1. The molecule has 0 aliphatic heterocycles. The maximum absolute atomic E-state index is 12.2. The van der Waals surface area contributed by atoms with Crippen LogP contribution < -0.4 is 5.32 Å². The molecule has 0 heterocycles. The SMILES string of the molecule is O=C(O)C1CC=C(Cl)CC1C(=O)Nc1ccc(Br)cc1. The van der Waals surface area contributed by atoms with Crippen molar-refractivity contribution in [2.75, 3.05) is 5.32 Å². The summed E-state index contributed by atoms with van der Waals surface area (Å²) in [4.78, 5) is 23.5. The van der Waals surface area contributed by atoms with Crippen molar-refractivity contribution in [3.05, 3.63) is 39.8 Å². The van der Waals surface area contributed by atoms with E-state index in [2.05, 4.69) is 21.2 Å². The summed E-state index contributed by atoms with van der Waals surface area (Å²) in [6.45, 7) is 0. The lowest BCUT2D eigenvalue weighted by Crippen LogP contribution is -2.35. The molecule has 0 aromatic heterocycles. The fourth-order valence-corrected chi connectivity index (χ4v) is 2.69. The van der Waals surface area contributed by atoms with Gasteiger partial charge in [0.25, 0.3) is 0 Å². The number of carboxylic acids is 1. The van der Waals surface area contributed by atoms with Gasteiger partial charge in [-0.1, -0.05) is 33.6 Å². The van der Waals surface area contributed by atoms with E-state index in [1.807, 2.05) is 0 Å². The summed E-state index contributed by atoms with van der Waals surface area (Å²) in [6, 6.07) is 7.10. The first-order valence-corrected chi connectivity index (χ1v) is 7.28. The van der Waals surface area contributed by atoms with Crippen molar-refractivity contribution < 1.29 is 14.7 Å². The quantitative estimate of drug-likeness (QED) is 0.867. The van der Waals surface area contributed by atoms with Gasteiger partial charge in [-0.15, -0.1) is 0 Å². The highest BCUT2D eigenvalue weighted by Crippen LogP contribution is 2.32. The molecule has 2 atom stereocenters. The molecule has 1 aromatic rings. The summed E-state index contributed by atoms with van der Waals surface area (Å²) in [6.07, 6.45) is 2.22. The first-order chi connectivity index (χ1) is 9.47. The van der Waals surface area contributed by atoms with Crippen molar-refractivity contribution >= 4 is 45.1 Å². The summed E-state index contributed by atoms with van der Waals surface area (Å²) in [5.41, 5.74) is 0.632. The maximum Gasteiger partial charge on any atom is 0.307 e. The molecule has 1 aliphatic carbocycles. The fraction of sp³-hybridized carbons (Fsp3) is 0.286. The summed E-state index contributed by atoms with van der Waals surface area (Å²) in [5, 5.41) is 12.5. The van der Waals surface area contributed by atoms with Crippen LogP contribution in [-0.2, 0) is 9.59 Å². The Balaban J connectivity index is 2.12. The van der Waals surface area contributed by atoms with Gasteiger partial charge in [-0.2, -0.15) is 0 Å². The highest BCUT2D eigenvalue weighted by Gasteiger charge is 2.36. The molecular weight excluding hydrogens is 346 g/mol. The van der Waals surface area contributed by atoms with Gasteiger partial charge in [0.2, 0.25) is 5.91 Å². The second kappa shape index (κ2) is 6.41. The van der Waals surface area contributed by atoms with E-state index < -0.39 is 17.8 Å². The molecule has 1 aliphatic rings. The van der Waals surface area contributed by atoms with Gasteiger partial charge in [0.05, 0.1) is 11.8 Å². The van der Waals surface area contributed by atoms with Crippen LogP contribution in [-0.4, -0.2) is 17.0 Å². The third kappa shape index (κ3) is 3.61. The van der Waals surface area contributed by atoms with E-state index in [4.69, 9.17) is 11.6 Å². The normalized spacial score (nSPS) is 22.0. The average Bonchev–Trinajstić information content (AvgIpc) is 2.41. The molecule has 0 bridgehead atoms. The largest absolute Gasteiger partial charge is 0.481 e. The zero-order valence-corrected chi connectivity index (χ0v) is 12.8. The molecule has 2 unspecified atom stereocenters. The summed E-state index contributed by atoms with van der Waals surface area (Å²) < 4.78 is 0.905. The minimum atomic E-state index is -0.971. The van der Waals surface area contributed by atoms with Crippen LogP contribution in [0.1, 0.15) is 12.8 Å². The summed E-state index contributed by atoms with van der Waals surface area (Å²) in [7, 11) is 0. The van der Waals surface area contributed by atoms with E-state index in [0.29, 0.717) is 10.7 Å². The van der Waals surface area contributed by atoms with Gasteiger partial charge >= 0.3 is 5.97 Å². The third-order valence-corrected chi connectivity index (χ3v) is 4.10. The van der Waals surface area contributed by atoms with Gasteiger partial charge < -0.3 is 10.4 Å². The van der Waals surface area contributed by atoms with Crippen molar-refractivity contribution in [2.24, 2.45) is 11.8 Å². The molecule has 2 N–H and O–H groups in total. The molecule has 0 saturated heterocycles. The van der Waals surface area contributed by atoms with Crippen LogP contribution in [0.4, 0.5) is 5.69 Å². The Morgan fingerprint density at radius 1 is 1.25 bits per heavy atom. The van der Waals surface area contributed by atoms with E-state index in [9.17, 15) is 14.7 Å². The predicted octanol–water partition coefficient (Wildman–Crippen LogP) is 3.62. The number of anilines is 1. The number of hydrogen-bond acceptors (Lipinski definition) is 2. The van der Waals surface area contributed by atoms with Crippen molar-refractivity contribution in [1.29, 1.82) is 0 Å². The summed E-state index contributed by atoms with van der Waals surface area (Å²) >= 11 is 9.24. The topological polar surface area (TPSA) is 66.4 Å². The predicted molar refractivity (Wildman–Crippen MR) is 80.6 cm³/mol. The summed E-state index contributed by atoms with van der Waals surface area (Å²) in [5.74, 6) is -2.66. The van der Waals surface area contributed by atoms with E-state index in [-0.39, 0.29) is 18.7 Å². The molecule has 0 fully saturated rings.